The van der Waals surface area contributed by atoms with Crippen LogP contribution in [0.5, 0.6) is 5.75 Å². The summed E-state index contributed by atoms with van der Waals surface area (Å²) in [5, 5.41) is 0. The Labute approximate surface area is 134 Å². The lowest BCUT2D eigenvalue weighted by atomic mass is 9.77. The first kappa shape index (κ1) is 17.3. The van der Waals surface area contributed by atoms with E-state index in [1.54, 1.807) is 7.11 Å². The third-order valence-electron chi connectivity index (χ3n) is 5.00. The Balaban J connectivity index is 2.36. The van der Waals surface area contributed by atoms with Crippen molar-refractivity contribution in [3.05, 3.63) is 23.8 Å². The van der Waals surface area contributed by atoms with Crippen molar-refractivity contribution >= 4 is 12.6 Å². The molecule has 1 aromatic carbocycles. The second kappa shape index (κ2) is 5.87. The lowest BCUT2D eigenvalue weighted by Gasteiger charge is -2.32. The van der Waals surface area contributed by atoms with Gasteiger partial charge in [-0.15, -0.1) is 0 Å². The highest BCUT2D eigenvalue weighted by molar-refractivity contribution is 6.62. The zero-order valence-corrected chi connectivity index (χ0v) is 15.1. The fraction of sp³-hybridized carbons (Fsp3) is 0.647. The molecule has 2 rings (SSSR count). The Morgan fingerprint density at radius 1 is 1.09 bits per heavy atom. The molecule has 0 radical (unpaired) electrons. The molecule has 4 nitrogen and oxygen atoms in total. The molecule has 0 N–H and O–H groups in total. The van der Waals surface area contributed by atoms with Crippen molar-refractivity contribution in [3.63, 3.8) is 0 Å². The van der Waals surface area contributed by atoms with Crippen LogP contribution in [0, 0.1) is 0 Å². The van der Waals surface area contributed by atoms with E-state index in [2.05, 4.69) is 59.7 Å². The van der Waals surface area contributed by atoms with Crippen molar-refractivity contribution in [2.24, 2.45) is 0 Å². The monoisotopic (exact) mass is 305 g/mol. The van der Waals surface area contributed by atoms with Gasteiger partial charge in [0.25, 0.3) is 0 Å². The Morgan fingerprint density at radius 3 is 2.09 bits per heavy atom. The molecular formula is C17H28BNO3. The number of nitrogens with zero attached hydrogens (tertiary/aromatic N) is 1. The van der Waals surface area contributed by atoms with E-state index in [-0.39, 0.29) is 24.4 Å². The zero-order chi connectivity index (χ0) is 16.7. The minimum Gasteiger partial charge on any atom is -0.496 e. The predicted octanol–water partition coefficient (Wildman–Crippen LogP) is 2.62. The molecule has 1 heterocycles. The lowest BCUT2D eigenvalue weighted by Crippen LogP contribution is -2.41. The average Bonchev–Trinajstić information content (AvgIpc) is 2.65. The smallest absolute Gasteiger partial charge is 0.494 e. The van der Waals surface area contributed by atoms with E-state index in [0.29, 0.717) is 0 Å². The van der Waals surface area contributed by atoms with Crippen LogP contribution in [0.1, 0.15) is 46.2 Å². The molecule has 1 aromatic rings. The van der Waals surface area contributed by atoms with E-state index in [0.717, 1.165) is 16.8 Å². The Kier molecular flexibility index (Phi) is 4.62. The van der Waals surface area contributed by atoms with Crippen LogP contribution in [0.15, 0.2) is 18.2 Å². The van der Waals surface area contributed by atoms with Gasteiger partial charge in [0.1, 0.15) is 5.75 Å². The third kappa shape index (κ3) is 3.03. The van der Waals surface area contributed by atoms with Gasteiger partial charge in [0, 0.05) is 11.6 Å². The van der Waals surface area contributed by atoms with Crippen LogP contribution in [0.3, 0.4) is 0 Å². The van der Waals surface area contributed by atoms with Crippen molar-refractivity contribution in [1.29, 1.82) is 0 Å². The summed E-state index contributed by atoms with van der Waals surface area (Å²) in [5.41, 5.74) is 1.51. The molecule has 0 aromatic heterocycles. The molecule has 1 saturated heterocycles. The van der Waals surface area contributed by atoms with Crippen LogP contribution < -0.4 is 10.2 Å². The summed E-state index contributed by atoms with van der Waals surface area (Å²) < 4.78 is 17.8. The van der Waals surface area contributed by atoms with Gasteiger partial charge in [0.05, 0.1) is 18.3 Å². The maximum Gasteiger partial charge on any atom is 0.494 e. The van der Waals surface area contributed by atoms with Crippen LogP contribution in [0.4, 0.5) is 0 Å². The largest absolute Gasteiger partial charge is 0.496 e. The van der Waals surface area contributed by atoms with Gasteiger partial charge in [0.2, 0.25) is 0 Å². The number of hydrogen-bond donors (Lipinski definition) is 0. The molecule has 1 aliphatic heterocycles. The summed E-state index contributed by atoms with van der Waals surface area (Å²) in [5.74, 6) is 0.890. The Hall–Kier alpha value is -1.04. The van der Waals surface area contributed by atoms with Gasteiger partial charge >= 0.3 is 7.12 Å². The van der Waals surface area contributed by atoms with Gasteiger partial charge in [-0.2, -0.15) is 0 Å². The molecule has 1 unspecified atom stereocenters. The summed E-state index contributed by atoms with van der Waals surface area (Å²) >= 11 is 0. The van der Waals surface area contributed by atoms with Gasteiger partial charge in [-0.3, -0.25) is 0 Å². The maximum atomic E-state index is 6.14. The highest BCUT2D eigenvalue weighted by Crippen LogP contribution is 2.37. The van der Waals surface area contributed by atoms with E-state index in [9.17, 15) is 0 Å². The molecule has 1 fully saturated rings. The van der Waals surface area contributed by atoms with Crippen molar-refractivity contribution in [2.75, 3.05) is 21.2 Å². The number of ether oxygens (including phenoxy) is 1. The van der Waals surface area contributed by atoms with Crippen LogP contribution in [0.25, 0.3) is 0 Å². The van der Waals surface area contributed by atoms with Crippen LogP contribution in [-0.4, -0.2) is 44.4 Å². The fourth-order valence-electron chi connectivity index (χ4n) is 2.48. The van der Waals surface area contributed by atoms with E-state index in [1.165, 1.54) is 0 Å². The van der Waals surface area contributed by atoms with Crippen LogP contribution >= 0.6 is 0 Å². The molecule has 22 heavy (non-hydrogen) atoms. The topological polar surface area (TPSA) is 30.9 Å². The first-order valence-corrected chi connectivity index (χ1v) is 7.79. The molecule has 0 saturated carbocycles. The number of rotatable bonds is 4. The average molecular weight is 305 g/mol. The predicted molar refractivity (Wildman–Crippen MR) is 90.8 cm³/mol. The zero-order valence-electron chi connectivity index (χ0n) is 15.1. The second-order valence-electron chi connectivity index (χ2n) is 7.23. The van der Waals surface area contributed by atoms with E-state index in [1.807, 2.05) is 12.1 Å². The molecule has 0 aliphatic carbocycles. The molecule has 1 atom stereocenters. The standard InChI is InChI=1S/C17H28BNO3/c1-12(19(6)7)14-11-13(9-10-15(14)20-8)18-21-16(2,3)17(4,5)22-18/h9-12H,1-8H3. The van der Waals surface area contributed by atoms with Crippen molar-refractivity contribution in [2.45, 2.75) is 51.9 Å². The first-order chi connectivity index (χ1) is 10.1. The molecule has 0 bridgehead atoms. The first-order valence-electron chi connectivity index (χ1n) is 7.79. The molecule has 122 valence electrons. The summed E-state index contributed by atoms with van der Waals surface area (Å²) in [6.07, 6.45) is 0. The van der Waals surface area contributed by atoms with E-state index < -0.39 is 0 Å². The van der Waals surface area contributed by atoms with Gasteiger partial charge in [-0.1, -0.05) is 12.1 Å². The SMILES string of the molecule is COc1ccc(B2OC(C)(C)C(C)(C)O2)cc1C(C)N(C)C. The summed E-state index contributed by atoms with van der Waals surface area (Å²) in [6, 6.07) is 6.39. The minimum atomic E-state index is -0.344. The van der Waals surface area contributed by atoms with Crippen molar-refractivity contribution in [1.82, 2.24) is 4.90 Å². The quantitative estimate of drug-likeness (QED) is 0.800. The molecule has 5 heteroatoms. The maximum absolute atomic E-state index is 6.14. The highest BCUT2D eigenvalue weighted by atomic mass is 16.7. The minimum absolute atomic E-state index is 0.248. The van der Waals surface area contributed by atoms with E-state index in [4.69, 9.17) is 14.0 Å². The van der Waals surface area contributed by atoms with Gasteiger partial charge < -0.3 is 18.9 Å². The molecule has 0 amide bonds. The van der Waals surface area contributed by atoms with Gasteiger partial charge in [-0.05, 0) is 60.2 Å². The molecule has 0 spiro atoms. The fourth-order valence-corrected chi connectivity index (χ4v) is 2.48. The third-order valence-corrected chi connectivity index (χ3v) is 5.00. The number of methoxy groups -OCH3 is 1. The van der Waals surface area contributed by atoms with Crippen LogP contribution in [0.2, 0.25) is 0 Å². The van der Waals surface area contributed by atoms with E-state index >= 15 is 0 Å². The Bertz CT molecular complexity index is 527. The summed E-state index contributed by atoms with van der Waals surface area (Å²) in [7, 11) is 5.48. The summed E-state index contributed by atoms with van der Waals surface area (Å²) in [4.78, 5) is 2.16. The number of benzene rings is 1. The second-order valence-corrected chi connectivity index (χ2v) is 7.23. The summed E-state index contributed by atoms with van der Waals surface area (Å²) in [6.45, 7) is 10.4. The Morgan fingerprint density at radius 2 is 1.64 bits per heavy atom. The van der Waals surface area contributed by atoms with Crippen molar-refractivity contribution in [3.8, 4) is 5.75 Å². The normalized spacial score (nSPS) is 21.2. The lowest BCUT2D eigenvalue weighted by molar-refractivity contribution is 0.00578. The highest BCUT2D eigenvalue weighted by Gasteiger charge is 2.51. The number of hydrogen-bond acceptors (Lipinski definition) is 4. The van der Waals surface area contributed by atoms with Crippen molar-refractivity contribution < 1.29 is 14.0 Å². The van der Waals surface area contributed by atoms with Gasteiger partial charge in [-0.25, -0.2) is 0 Å². The van der Waals surface area contributed by atoms with Crippen LogP contribution in [-0.2, 0) is 9.31 Å². The van der Waals surface area contributed by atoms with Gasteiger partial charge in [0.15, 0.2) is 0 Å². The molecular weight excluding hydrogens is 277 g/mol. The molecule has 1 aliphatic rings.